The van der Waals surface area contributed by atoms with Crippen molar-refractivity contribution in [3.8, 4) is 0 Å². The summed E-state index contributed by atoms with van der Waals surface area (Å²) in [5.41, 5.74) is 5.69. The Kier molecular flexibility index (Phi) is 3.24. The Morgan fingerprint density at radius 2 is 2.18 bits per heavy atom. The van der Waals surface area contributed by atoms with E-state index in [0.29, 0.717) is 6.54 Å². The number of nitrogens with two attached hydrogens (primary N) is 1. The number of hydrogen-bond donors (Lipinski definition) is 3. The van der Waals surface area contributed by atoms with Crippen LogP contribution in [0.2, 0.25) is 0 Å². The van der Waals surface area contributed by atoms with Crippen LogP contribution in [0.5, 0.6) is 0 Å². The first-order valence-corrected chi connectivity index (χ1v) is 6.05. The van der Waals surface area contributed by atoms with E-state index in [1.807, 2.05) is 0 Å². The van der Waals surface area contributed by atoms with Gasteiger partial charge in [0.15, 0.2) is 0 Å². The zero-order valence-electron chi connectivity index (χ0n) is 9.82. The molecule has 1 saturated heterocycles. The van der Waals surface area contributed by atoms with E-state index in [4.69, 9.17) is 10.8 Å². The van der Waals surface area contributed by atoms with Crippen molar-refractivity contribution in [3.63, 3.8) is 0 Å². The maximum Gasteiger partial charge on any atom is 0.317 e. The molecule has 1 spiro atoms. The summed E-state index contributed by atoms with van der Waals surface area (Å²) in [4.78, 5) is 23.8. The zero-order valence-corrected chi connectivity index (χ0v) is 9.82. The monoisotopic (exact) mass is 241 g/mol. The number of nitrogens with zero attached hydrogens (tertiary/aromatic N) is 1. The number of aliphatic carboxylic acids is 1. The minimum atomic E-state index is -0.871. The van der Waals surface area contributed by atoms with E-state index < -0.39 is 5.97 Å². The molecule has 2 rings (SSSR count). The molecule has 0 bridgehead atoms. The van der Waals surface area contributed by atoms with E-state index in [1.165, 1.54) is 0 Å². The molecular weight excluding hydrogens is 222 g/mol. The average molecular weight is 241 g/mol. The summed E-state index contributed by atoms with van der Waals surface area (Å²) in [6.45, 7) is 0.904. The van der Waals surface area contributed by atoms with E-state index in [1.54, 1.807) is 4.90 Å². The lowest BCUT2D eigenvalue weighted by Crippen LogP contribution is -2.48. The fourth-order valence-corrected chi connectivity index (χ4v) is 2.67. The van der Waals surface area contributed by atoms with Crippen LogP contribution in [0.1, 0.15) is 32.1 Å². The molecule has 2 amide bonds. The van der Waals surface area contributed by atoms with Gasteiger partial charge in [0.25, 0.3) is 0 Å². The smallest absolute Gasteiger partial charge is 0.317 e. The van der Waals surface area contributed by atoms with Crippen molar-refractivity contribution in [2.45, 2.75) is 43.7 Å². The molecule has 1 saturated carbocycles. The molecular formula is C11H19N3O3. The van der Waals surface area contributed by atoms with Crippen molar-refractivity contribution < 1.29 is 14.7 Å². The number of carbonyl (C=O) groups is 2. The van der Waals surface area contributed by atoms with Gasteiger partial charge in [-0.15, -0.1) is 0 Å². The van der Waals surface area contributed by atoms with Crippen molar-refractivity contribution in [2.75, 3.05) is 13.1 Å². The normalized spacial score (nSPS) is 32.9. The summed E-state index contributed by atoms with van der Waals surface area (Å²) < 4.78 is 0. The second kappa shape index (κ2) is 4.52. The van der Waals surface area contributed by atoms with Crippen LogP contribution in [0, 0.1) is 0 Å². The number of urea groups is 1. The predicted octanol–water partition coefficient (Wildman–Crippen LogP) is 0.126. The van der Waals surface area contributed by atoms with Crippen molar-refractivity contribution in [2.24, 2.45) is 5.73 Å². The van der Waals surface area contributed by atoms with Crippen LogP contribution in [0.15, 0.2) is 0 Å². The standard InChI is InChI=1S/C11H19N3O3/c12-8-1-4-11(5-2-8)7-14(10(17)13-11)6-3-9(15)16/h8H,1-7,12H2,(H,13,17)(H,15,16). The maximum atomic E-state index is 11.7. The van der Waals surface area contributed by atoms with Gasteiger partial charge in [0, 0.05) is 19.1 Å². The average Bonchev–Trinajstić information content (AvgIpc) is 2.58. The molecule has 1 aliphatic heterocycles. The first-order valence-electron chi connectivity index (χ1n) is 6.05. The molecule has 0 aromatic heterocycles. The van der Waals surface area contributed by atoms with Gasteiger partial charge in [-0.05, 0) is 25.7 Å². The van der Waals surface area contributed by atoms with Gasteiger partial charge in [-0.1, -0.05) is 0 Å². The van der Waals surface area contributed by atoms with Gasteiger partial charge >= 0.3 is 12.0 Å². The van der Waals surface area contributed by atoms with Crippen molar-refractivity contribution in [1.82, 2.24) is 10.2 Å². The van der Waals surface area contributed by atoms with Crippen LogP contribution >= 0.6 is 0 Å². The van der Waals surface area contributed by atoms with Crippen LogP contribution in [-0.4, -0.2) is 46.7 Å². The molecule has 1 aliphatic carbocycles. The summed E-state index contributed by atoms with van der Waals surface area (Å²) in [7, 11) is 0. The van der Waals surface area contributed by atoms with Crippen molar-refractivity contribution in [1.29, 1.82) is 0 Å². The molecule has 0 atom stereocenters. The Balaban J connectivity index is 1.92. The SMILES string of the molecule is NC1CCC2(CC1)CN(CCC(=O)O)C(=O)N2. The van der Waals surface area contributed by atoms with E-state index in [0.717, 1.165) is 25.7 Å². The lowest BCUT2D eigenvalue weighted by molar-refractivity contribution is -0.137. The predicted molar refractivity (Wildman–Crippen MR) is 61.5 cm³/mol. The van der Waals surface area contributed by atoms with E-state index in [9.17, 15) is 9.59 Å². The molecule has 0 radical (unpaired) electrons. The molecule has 2 aliphatic rings. The summed E-state index contributed by atoms with van der Waals surface area (Å²) in [5.74, 6) is -0.871. The molecule has 1 heterocycles. The highest BCUT2D eigenvalue weighted by Gasteiger charge is 2.43. The summed E-state index contributed by atoms with van der Waals surface area (Å²) in [6, 6.07) is 0.104. The molecule has 0 unspecified atom stereocenters. The summed E-state index contributed by atoms with van der Waals surface area (Å²) >= 11 is 0. The Hall–Kier alpha value is -1.30. The highest BCUT2D eigenvalue weighted by Crippen LogP contribution is 2.32. The van der Waals surface area contributed by atoms with Crippen molar-refractivity contribution >= 4 is 12.0 Å². The van der Waals surface area contributed by atoms with Gasteiger partial charge in [-0.25, -0.2) is 4.79 Å². The van der Waals surface area contributed by atoms with Crippen LogP contribution in [-0.2, 0) is 4.79 Å². The second-order valence-corrected chi connectivity index (χ2v) is 5.11. The van der Waals surface area contributed by atoms with Crippen LogP contribution in [0.3, 0.4) is 0 Å². The molecule has 2 fully saturated rings. The summed E-state index contributed by atoms with van der Waals surface area (Å²) in [5, 5.41) is 11.6. The zero-order chi connectivity index (χ0) is 12.5. The van der Waals surface area contributed by atoms with Crippen LogP contribution < -0.4 is 11.1 Å². The van der Waals surface area contributed by atoms with Gasteiger partial charge in [0.05, 0.1) is 12.0 Å². The van der Waals surface area contributed by atoms with Gasteiger partial charge in [0.1, 0.15) is 0 Å². The topological polar surface area (TPSA) is 95.7 Å². The van der Waals surface area contributed by atoms with E-state index >= 15 is 0 Å². The number of rotatable bonds is 3. The minimum Gasteiger partial charge on any atom is -0.481 e. The first-order chi connectivity index (χ1) is 8.01. The highest BCUT2D eigenvalue weighted by molar-refractivity contribution is 5.78. The molecule has 0 aromatic carbocycles. The molecule has 6 heteroatoms. The largest absolute Gasteiger partial charge is 0.481 e. The minimum absolute atomic E-state index is 0.00299. The lowest BCUT2D eigenvalue weighted by atomic mass is 9.80. The van der Waals surface area contributed by atoms with Crippen molar-refractivity contribution in [3.05, 3.63) is 0 Å². The number of nitrogens with one attached hydrogen (secondary N) is 1. The number of hydrogen-bond acceptors (Lipinski definition) is 3. The van der Waals surface area contributed by atoms with Gasteiger partial charge in [0.2, 0.25) is 0 Å². The Labute approximate surface area is 100 Å². The maximum absolute atomic E-state index is 11.7. The van der Waals surface area contributed by atoms with Gasteiger partial charge in [-0.3, -0.25) is 4.79 Å². The third kappa shape index (κ3) is 2.69. The molecule has 0 aromatic rings. The first kappa shape index (κ1) is 12.2. The molecule has 96 valence electrons. The fraction of sp³-hybridized carbons (Fsp3) is 0.818. The third-order valence-corrected chi connectivity index (χ3v) is 3.74. The molecule has 4 N–H and O–H groups in total. The number of carboxylic acids is 1. The van der Waals surface area contributed by atoms with Crippen LogP contribution in [0.4, 0.5) is 4.79 Å². The Morgan fingerprint density at radius 1 is 1.53 bits per heavy atom. The number of carbonyl (C=O) groups excluding carboxylic acids is 1. The van der Waals surface area contributed by atoms with Gasteiger partial charge in [-0.2, -0.15) is 0 Å². The third-order valence-electron chi connectivity index (χ3n) is 3.74. The summed E-state index contributed by atoms with van der Waals surface area (Å²) in [6.07, 6.45) is 3.63. The van der Waals surface area contributed by atoms with Crippen LogP contribution in [0.25, 0.3) is 0 Å². The Morgan fingerprint density at radius 3 is 2.76 bits per heavy atom. The number of amides is 2. The van der Waals surface area contributed by atoms with Gasteiger partial charge < -0.3 is 21.1 Å². The Bertz CT molecular complexity index is 324. The lowest BCUT2D eigenvalue weighted by Gasteiger charge is -2.35. The molecule has 6 nitrogen and oxygen atoms in total. The molecule has 17 heavy (non-hydrogen) atoms. The fourth-order valence-electron chi connectivity index (χ4n) is 2.67. The second-order valence-electron chi connectivity index (χ2n) is 5.11. The van der Waals surface area contributed by atoms with E-state index in [2.05, 4.69) is 5.32 Å². The highest BCUT2D eigenvalue weighted by atomic mass is 16.4. The quantitative estimate of drug-likeness (QED) is 0.654. The number of carboxylic acid groups (broad SMARTS) is 1. The van der Waals surface area contributed by atoms with E-state index in [-0.39, 0.29) is 30.6 Å².